The van der Waals surface area contributed by atoms with Crippen molar-refractivity contribution in [3.05, 3.63) is 35.9 Å². The highest BCUT2D eigenvalue weighted by atomic mass is 16.4. The smallest absolute Gasteiger partial charge is 0.394 e. The summed E-state index contributed by atoms with van der Waals surface area (Å²) in [5.41, 5.74) is 1.17. The van der Waals surface area contributed by atoms with Crippen molar-refractivity contribution >= 4 is 11.9 Å². The predicted octanol–water partition coefficient (Wildman–Crippen LogP) is 1.09. The zero-order valence-electron chi connectivity index (χ0n) is 8.80. The molecular weight excluding hydrogens is 206 g/mol. The highest BCUT2D eigenvalue weighted by Gasteiger charge is 2.30. The Hall–Kier alpha value is -1.84. The van der Waals surface area contributed by atoms with Crippen LogP contribution < -0.4 is 0 Å². The number of aliphatic carboxylic acids is 1. The van der Waals surface area contributed by atoms with Crippen molar-refractivity contribution < 1.29 is 14.7 Å². The second kappa shape index (κ2) is 4.35. The van der Waals surface area contributed by atoms with Crippen molar-refractivity contribution in [2.75, 3.05) is 13.1 Å². The second-order valence-electron chi connectivity index (χ2n) is 3.95. The monoisotopic (exact) mass is 219 g/mol. The maximum absolute atomic E-state index is 11.2. The molecule has 1 amide bonds. The molecule has 1 aromatic rings. The van der Waals surface area contributed by atoms with Gasteiger partial charge in [-0.2, -0.15) is 0 Å². The molecule has 1 aliphatic rings. The van der Waals surface area contributed by atoms with Crippen LogP contribution >= 0.6 is 0 Å². The van der Waals surface area contributed by atoms with E-state index < -0.39 is 11.9 Å². The minimum Gasteiger partial charge on any atom is -0.474 e. The van der Waals surface area contributed by atoms with Crippen molar-refractivity contribution in [1.82, 2.24) is 4.90 Å². The summed E-state index contributed by atoms with van der Waals surface area (Å²) in [7, 11) is 0. The van der Waals surface area contributed by atoms with E-state index in [0.29, 0.717) is 13.1 Å². The van der Waals surface area contributed by atoms with E-state index in [1.54, 1.807) is 0 Å². The molecular formula is C12H13NO3. The minimum atomic E-state index is -1.37. The molecule has 1 atom stereocenters. The van der Waals surface area contributed by atoms with E-state index in [1.165, 1.54) is 10.5 Å². The van der Waals surface area contributed by atoms with Crippen LogP contribution in [0.15, 0.2) is 30.3 Å². The van der Waals surface area contributed by atoms with E-state index in [9.17, 15) is 9.59 Å². The third-order valence-electron chi connectivity index (χ3n) is 2.93. The Morgan fingerprint density at radius 2 is 1.94 bits per heavy atom. The Morgan fingerprint density at radius 1 is 1.25 bits per heavy atom. The fraction of sp³-hybridized carbons (Fsp3) is 0.333. The van der Waals surface area contributed by atoms with Crippen LogP contribution in [-0.4, -0.2) is 35.0 Å². The van der Waals surface area contributed by atoms with Crippen molar-refractivity contribution in [2.45, 2.75) is 12.3 Å². The summed E-state index contributed by atoms with van der Waals surface area (Å²) < 4.78 is 0. The average Bonchev–Trinajstić information content (AvgIpc) is 2.78. The van der Waals surface area contributed by atoms with Gasteiger partial charge in [-0.1, -0.05) is 30.3 Å². The first-order valence-electron chi connectivity index (χ1n) is 5.25. The molecule has 1 heterocycles. The topological polar surface area (TPSA) is 57.6 Å². The van der Waals surface area contributed by atoms with E-state index in [0.717, 1.165) is 6.42 Å². The number of hydrogen-bond acceptors (Lipinski definition) is 2. The zero-order valence-corrected chi connectivity index (χ0v) is 8.80. The summed E-state index contributed by atoms with van der Waals surface area (Å²) in [5, 5.41) is 8.61. The molecule has 4 heteroatoms. The largest absolute Gasteiger partial charge is 0.474 e. The number of benzene rings is 1. The molecule has 1 aromatic carbocycles. The molecule has 4 nitrogen and oxygen atoms in total. The van der Waals surface area contributed by atoms with Crippen molar-refractivity contribution in [3.8, 4) is 0 Å². The van der Waals surface area contributed by atoms with Crippen LogP contribution in [0.4, 0.5) is 0 Å². The first kappa shape index (κ1) is 10.7. The molecule has 0 bridgehead atoms. The Bertz CT molecular complexity index is 402. The number of carboxylic acids is 1. The number of rotatable bonds is 1. The molecule has 1 N–H and O–H groups in total. The van der Waals surface area contributed by atoms with Crippen LogP contribution in [-0.2, 0) is 9.59 Å². The number of carbonyl (C=O) groups is 2. The lowest BCUT2D eigenvalue weighted by Crippen LogP contribution is -2.34. The Labute approximate surface area is 93.5 Å². The maximum Gasteiger partial charge on any atom is 0.394 e. The van der Waals surface area contributed by atoms with Gasteiger partial charge in [-0.3, -0.25) is 4.79 Å². The normalized spacial score (nSPS) is 19.8. The lowest BCUT2D eigenvalue weighted by molar-refractivity contribution is -0.155. The van der Waals surface area contributed by atoms with Crippen LogP contribution in [0.1, 0.15) is 17.9 Å². The van der Waals surface area contributed by atoms with E-state index in [-0.39, 0.29) is 5.92 Å². The number of carboxylic acid groups (broad SMARTS) is 1. The molecule has 2 rings (SSSR count). The molecule has 0 spiro atoms. The van der Waals surface area contributed by atoms with Crippen molar-refractivity contribution in [2.24, 2.45) is 0 Å². The standard InChI is InChI=1S/C12H13NO3/c14-11(12(15)16)13-7-6-10(8-13)9-4-2-1-3-5-9/h1-5,10H,6-8H2,(H,15,16). The first-order valence-corrected chi connectivity index (χ1v) is 5.25. The third kappa shape index (κ3) is 2.05. The SMILES string of the molecule is O=C(O)C(=O)N1CCC(c2ccccc2)C1. The van der Waals surface area contributed by atoms with Crippen molar-refractivity contribution in [3.63, 3.8) is 0 Å². The summed E-state index contributed by atoms with van der Waals surface area (Å²) >= 11 is 0. The average molecular weight is 219 g/mol. The molecule has 84 valence electrons. The quantitative estimate of drug-likeness (QED) is 0.719. The predicted molar refractivity (Wildman–Crippen MR) is 58.0 cm³/mol. The molecule has 1 aliphatic heterocycles. The fourth-order valence-corrected chi connectivity index (χ4v) is 2.08. The van der Waals surface area contributed by atoms with Gasteiger partial charge in [0.25, 0.3) is 0 Å². The van der Waals surface area contributed by atoms with Crippen LogP contribution in [0.2, 0.25) is 0 Å². The van der Waals surface area contributed by atoms with Crippen LogP contribution in [0.3, 0.4) is 0 Å². The van der Waals surface area contributed by atoms with Gasteiger partial charge in [-0.15, -0.1) is 0 Å². The Kier molecular flexibility index (Phi) is 2.90. The molecule has 0 radical (unpaired) electrons. The van der Waals surface area contributed by atoms with Gasteiger partial charge in [0.15, 0.2) is 0 Å². The summed E-state index contributed by atoms with van der Waals surface area (Å²) in [5.74, 6) is -1.89. The van der Waals surface area contributed by atoms with E-state index in [4.69, 9.17) is 5.11 Å². The molecule has 0 aromatic heterocycles. The maximum atomic E-state index is 11.2. The number of carbonyl (C=O) groups excluding carboxylic acids is 1. The summed E-state index contributed by atoms with van der Waals surface area (Å²) in [4.78, 5) is 23.2. The summed E-state index contributed by atoms with van der Waals surface area (Å²) in [6.07, 6.45) is 0.836. The Morgan fingerprint density at radius 3 is 2.56 bits per heavy atom. The highest BCUT2D eigenvalue weighted by Crippen LogP contribution is 2.26. The minimum absolute atomic E-state index is 0.268. The van der Waals surface area contributed by atoms with Gasteiger partial charge in [-0.25, -0.2) is 4.79 Å². The van der Waals surface area contributed by atoms with Gasteiger partial charge in [-0.05, 0) is 12.0 Å². The van der Waals surface area contributed by atoms with E-state index in [2.05, 4.69) is 0 Å². The number of likely N-dealkylation sites (tertiary alicyclic amines) is 1. The third-order valence-corrected chi connectivity index (χ3v) is 2.93. The second-order valence-corrected chi connectivity index (χ2v) is 3.95. The Balaban J connectivity index is 2.04. The van der Waals surface area contributed by atoms with E-state index in [1.807, 2.05) is 30.3 Å². The molecule has 1 saturated heterocycles. The lowest BCUT2D eigenvalue weighted by atomic mass is 9.99. The van der Waals surface area contributed by atoms with Crippen LogP contribution in [0.25, 0.3) is 0 Å². The fourth-order valence-electron chi connectivity index (χ4n) is 2.08. The van der Waals surface area contributed by atoms with Crippen molar-refractivity contribution in [1.29, 1.82) is 0 Å². The lowest BCUT2D eigenvalue weighted by Gasteiger charge is -2.13. The summed E-state index contributed by atoms with van der Waals surface area (Å²) in [6.45, 7) is 1.04. The molecule has 1 fully saturated rings. The molecule has 0 saturated carbocycles. The molecule has 16 heavy (non-hydrogen) atoms. The van der Waals surface area contributed by atoms with Gasteiger partial charge in [0.1, 0.15) is 0 Å². The zero-order chi connectivity index (χ0) is 11.5. The van der Waals surface area contributed by atoms with E-state index >= 15 is 0 Å². The van der Waals surface area contributed by atoms with Crippen LogP contribution in [0.5, 0.6) is 0 Å². The van der Waals surface area contributed by atoms with Crippen LogP contribution in [0, 0.1) is 0 Å². The number of nitrogens with zero attached hydrogens (tertiary/aromatic N) is 1. The van der Waals surface area contributed by atoms with Gasteiger partial charge < -0.3 is 10.0 Å². The highest BCUT2D eigenvalue weighted by molar-refractivity contribution is 6.31. The molecule has 1 unspecified atom stereocenters. The van der Waals surface area contributed by atoms with Gasteiger partial charge >= 0.3 is 11.9 Å². The van der Waals surface area contributed by atoms with Gasteiger partial charge in [0, 0.05) is 19.0 Å². The molecule has 0 aliphatic carbocycles. The first-order chi connectivity index (χ1) is 7.68. The number of hydrogen-bond donors (Lipinski definition) is 1. The van der Waals surface area contributed by atoms with Gasteiger partial charge in [0.05, 0.1) is 0 Å². The summed E-state index contributed by atoms with van der Waals surface area (Å²) in [6, 6.07) is 9.88. The van der Waals surface area contributed by atoms with Gasteiger partial charge in [0.2, 0.25) is 0 Å². The number of amides is 1.